The predicted molar refractivity (Wildman–Crippen MR) is 116 cm³/mol. The molecule has 2 aromatic carbocycles. The highest BCUT2D eigenvalue weighted by atomic mass is 79.9. The van der Waals surface area contributed by atoms with E-state index in [0.717, 1.165) is 29.0 Å². The number of aliphatic imine (C=N–C) groups is 1. The first-order valence-electron chi connectivity index (χ1n) is 9.80. The molecule has 6 nitrogen and oxygen atoms in total. The summed E-state index contributed by atoms with van der Waals surface area (Å²) in [5.74, 6) is 0.738. The summed E-state index contributed by atoms with van der Waals surface area (Å²) in [4.78, 5) is 20.5. The summed E-state index contributed by atoms with van der Waals surface area (Å²) in [6.45, 7) is 6.78. The fourth-order valence-corrected chi connectivity index (χ4v) is 4.07. The Labute approximate surface area is 183 Å². The number of aliphatic carboxylic acids is 1. The van der Waals surface area contributed by atoms with E-state index >= 15 is 0 Å². The van der Waals surface area contributed by atoms with Gasteiger partial charge in [0.15, 0.2) is 5.75 Å². The zero-order valence-electron chi connectivity index (χ0n) is 16.9. The van der Waals surface area contributed by atoms with Crippen LogP contribution in [0.15, 0.2) is 45.9 Å². The van der Waals surface area contributed by atoms with Crippen LogP contribution in [-0.2, 0) is 4.79 Å². The molecule has 4 rings (SSSR count). The van der Waals surface area contributed by atoms with Crippen molar-refractivity contribution in [2.24, 2.45) is 10.4 Å². The molecule has 1 fully saturated rings. The summed E-state index contributed by atoms with van der Waals surface area (Å²) >= 11 is 3.52. The number of fused-ring (bicyclic) bond motifs is 2. The third-order valence-corrected chi connectivity index (χ3v) is 5.91. The Bertz CT molecular complexity index is 1020. The highest BCUT2D eigenvalue weighted by Crippen LogP contribution is 2.39. The largest absolute Gasteiger partial charge is 0.481 e. The van der Waals surface area contributed by atoms with Crippen molar-refractivity contribution in [2.75, 3.05) is 32.7 Å². The molecule has 2 aromatic rings. The molecule has 0 saturated carbocycles. The predicted octanol–water partition coefficient (Wildman–Crippen LogP) is 4.50. The Morgan fingerprint density at radius 2 is 1.87 bits per heavy atom. The molecule has 0 unspecified atom stereocenters. The lowest BCUT2D eigenvalue weighted by atomic mass is 9.93. The summed E-state index contributed by atoms with van der Waals surface area (Å²) in [5, 5.41) is 9.40. The molecule has 0 aliphatic carbocycles. The first-order valence-corrected chi connectivity index (χ1v) is 10.6. The molecule has 2 heterocycles. The number of ether oxygens (including phenoxy) is 1. The van der Waals surface area contributed by atoms with Crippen molar-refractivity contribution in [1.82, 2.24) is 9.80 Å². The number of carbonyl (C=O) groups is 1. The van der Waals surface area contributed by atoms with Crippen LogP contribution >= 0.6 is 15.9 Å². The maximum absolute atomic E-state index is 13.9. The number of hydrogen-bond acceptors (Lipinski definition) is 5. The van der Waals surface area contributed by atoms with Gasteiger partial charge in [-0.15, -0.1) is 0 Å². The third-order valence-electron chi connectivity index (χ3n) is 5.42. The van der Waals surface area contributed by atoms with Gasteiger partial charge in [-0.25, -0.2) is 9.38 Å². The molecule has 0 amide bonds. The molecule has 1 saturated heterocycles. The standard InChI is InChI=1S/C22H23BrFN3O3/c1-22(2,21(28)29)13-26-7-9-27(10-8-26)20-16-11-14(23)3-5-18(16)30-19-6-4-15(24)12-17(19)25-20/h3-6,11-12H,7-10,13H2,1-2H3,(H,28,29). The number of benzene rings is 2. The van der Waals surface area contributed by atoms with Crippen molar-refractivity contribution in [3.63, 3.8) is 0 Å². The van der Waals surface area contributed by atoms with Gasteiger partial charge in [-0.2, -0.15) is 0 Å². The van der Waals surface area contributed by atoms with Crippen molar-refractivity contribution < 1.29 is 19.0 Å². The van der Waals surface area contributed by atoms with Crippen molar-refractivity contribution in [2.45, 2.75) is 13.8 Å². The lowest BCUT2D eigenvalue weighted by Gasteiger charge is -2.39. The van der Waals surface area contributed by atoms with E-state index in [1.165, 1.54) is 12.1 Å². The maximum Gasteiger partial charge on any atom is 0.310 e. The van der Waals surface area contributed by atoms with Gasteiger partial charge in [0.25, 0.3) is 0 Å². The quantitative estimate of drug-likeness (QED) is 0.707. The molecule has 0 atom stereocenters. The zero-order valence-corrected chi connectivity index (χ0v) is 18.4. The van der Waals surface area contributed by atoms with Gasteiger partial charge in [0.1, 0.15) is 23.1 Å². The van der Waals surface area contributed by atoms with Crippen molar-refractivity contribution in [1.29, 1.82) is 0 Å². The van der Waals surface area contributed by atoms with E-state index in [0.29, 0.717) is 36.8 Å². The molecular weight excluding hydrogens is 453 g/mol. The van der Waals surface area contributed by atoms with Crippen LogP contribution in [0.2, 0.25) is 0 Å². The van der Waals surface area contributed by atoms with Gasteiger partial charge < -0.3 is 14.7 Å². The lowest BCUT2D eigenvalue weighted by molar-refractivity contribution is -0.148. The fraction of sp³-hybridized carbons (Fsp3) is 0.364. The van der Waals surface area contributed by atoms with Gasteiger partial charge in [-0.3, -0.25) is 9.69 Å². The minimum Gasteiger partial charge on any atom is -0.481 e. The minimum atomic E-state index is -0.802. The first-order chi connectivity index (χ1) is 14.2. The molecule has 30 heavy (non-hydrogen) atoms. The molecule has 0 bridgehead atoms. The monoisotopic (exact) mass is 475 g/mol. The van der Waals surface area contributed by atoms with Crippen LogP contribution in [0.3, 0.4) is 0 Å². The SMILES string of the molecule is CC(C)(CN1CCN(C2=Nc3cc(F)ccc3Oc3ccc(Br)cc32)CC1)C(=O)O. The van der Waals surface area contributed by atoms with Crippen LogP contribution in [0.4, 0.5) is 10.1 Å². The summed E-state index contributed by atoms with van der Waals surface area (Å²) < 4.78 is 20.8. The number of piperazine rings is 1. The number of carboxylic acids is 1. The van der Waals surface area contributed by atoms with Crippen LogP contribution in [-0.4, -0.2) is 59.4 Å². The highest BCUT2D eigenvalue weighted by molar-refractivity contribution is 9.10. The van der Waals surface area contributed by atoms with E-state index in [1.54, 1.807) is 19.9 Å². The molecule has 158 valence electrons. The van der Waals surface area contributed by atoms with Gasteiger partial charge >= 0.3 is 5.97 Å². The number of carboxylic acid groups (broad SMARTS) is 1. The van der Waals surface area contributed by atoms with E-state index < -0.39 is 11.4 Å². The van der Waals surface area contributed by atoms with Crippen molar-refractivity contribution >= 4 is 33.4 Å². The molecule has 2 aliphatic rings. The number of hydrogen-bond donors (Lipinski definition) is 1. The average Bonchev–Trinajstić information content (AvgIpc) is 2.84. The van der Waals surface area contributed by atoms with Gasteiger partial charge in [-0.1, -0.05) is 15.9 Å². The van der Waals surface area contributed by atoms with Gasteiger partial charge in [0.05, 0.1) is 11.0 Å². The average molecular weight is 476 g/mol. The molecule has 1 N–H and O–H groups in total. The van der Waals surface area contributed by atoms with E-state index in [4.69, 9.17) is 9.73 Å². The van der Waals surface area contributed by atoms with Gasteiger partial charge in [0.2, 0.25) is 0 Å². The molecular formula is C22H23BrFN3O3. The zero-order chi connectivity index (χ0) is 21.5. The topological polar surface area (TPSA) is 65.4 Å². The van der Waals surface area contributed by atoms with Crippen LogP contribution < -0.4 is 4.74 Å². The Morgan fingerprint density at radius 1 is 1.17 bits per heavy atom. The van der Waals surface area contributed by atoms with E-state index in [2.05, 4.69) is 25.7 Å². The highest BCUT2D eigenvalue weighted by Gasteiger charge is 2.32. The summed E-state index contributed by atoms with van der Waals surface area (Å²) in [7, 11) is 0. The van der Waals surface area contributed by atoms with E-state index in [9.17, 15) is 14.3 Å². The fourth-order valence-electron chi connectivity index (χ4n) is 3.71. The van der Waals surface area contributed by atoms with Crippen LogP contribution in [0.1, 0.15) is 19.4 Å². The van der Waals surface area contributed by atoms with Crippen molar-refractivity contribution in [3.8, 4) is 11.5 Å². The van der Waals surface area contributed by atoms with Crippen LogP contribution in [0, 0.1) is 11.2 Å². The minimum absolute atomic E-state index is 0.367. The molecule has 8 heteroatoms. The maximum atomic E-state index is 13.9. The Morgan fingerprint density at radius 3 is 2.57 bits per heavy atom. The van der Waals surface area contributed by atoms with Crippen molar-refractivity contribution in [3.05, 3.63) is 52.3 Å². The van der Waals surface area contributed by atoms with E-state index in [-0.39, 0.29) is 5.82 Å². The van der Waals surface area contributed by atoms with Gasteiger partial charge in [-0.05, 0) is 44.2 Å². The number of halogens is 2. The third kappa shape index (κ3) is 4.20. The molecule has 0 aromatic heterocycles. The smallest absolute Gasteiger partial charge is 0.310 e. The second-order valence-corrected chi connectivity index (χ2v) is 9.16. The Kier molecular flexibility index (Phi) is 5.55. The Balaban J connectivity index is 1.63. The normalized spacial score (nSPS) is 16.8. The second-order valence-electron chi connectivity index (χ2n) is 8.24. The van der Waals surface area contributed by atoms with Crippen LogP contribution in [0.5, 0.6) is 11.5 Å². The van der Waals surface area contributed by atoms with Crippen LogP contribution in [0.25, 0.3) is 0 Å². The summed E-state index contributed by atoms with van der Waals surface area (Å²) in [6.07, 6.45) is 0. The molecule has 2 aliphatic heterocycles. The number of amidine groups is 1. The van der Waals surface area contributed by atoms with Gasteiger partial charge in [0, 0.05) is 43.3 Å². The first kappa shape index (κ1) is 20.8. The van der Waals surface area contributed by atoms with E-state index in [1.807, 2.05) is 18.2 Å². The second kappa shape index (κ2) is 8.00. The Hall–Kier alpha value is -2.45. The molecule has 0 radical (unpaired) electrons. The lowest BCUT2D eigenvalue weighted by Crippen LogP contribution is -2.52. The summed E-state index contributed by atoms with van der Waals surface area (Å²) in [5.41, 5.74) is 0.483. The summed E-state index contributed by atoms with van der Waals surface area (Å²) in [6, 6.07) is 10.1. The molecule has 0 spiro atoms. The number of nitrogens with zero attached hydrogens (tertiary/aromatic N) is 3. The number of rotatable bonds is 3.